The summed E-state index contributed by atoms with van der Waals surface area (Å²) >= 11 is 5.27. The molecular formula is C10H8ClF3O2. The topological polar surface area (TPSA) is 26.3 Å². The van der Waals surface area contributed by atoms with Gasteiger partial charge in [0, 0.05) is 5.56 Å². The molecule has 0 saturated carbocycles. The third-order valence-electron chi connectivity index (χ3n) is 1.90. The van der Waals surface area contributed by atoms with E-state index in [0.29, 0.717) is 12.0 Å². The van der Waals surface area contributed by atoms with E-state index in [1.54, 1.807) is 6.92 Å². The normalized spacial score (nSPS) is 11.3. The number of aryl methyl sites for hydroxylation is 1. The summed E-state index contributed by atoms with van der Waals surface area (Å²) in [7, 11) is 0. The first-order chi connectivity index (χ1) is 7.33. The van der Waals surface area contributed by atoms with E-state index in [1.165, 1.54) is 6.07 Å². The second-order valence-electron chi connectivity index (χ2n) is 2.99. The fourth-order valence-corrected chi connectivity index (χ4v) is 1.44. The van der Waals surface area contributed by atoms with E-state index < -0.39 is 11.6 Å². The van der Waals surface area contributed by atoms with Crippen molar-refractivity contribution in [3.63, 3.8) is 0 Å². The minimum atomic E-state index is -4.74. The first kappa shape index (κ1) is 12.8. The Morgan fingerprint density at radius 2 is 2.06 bits per heavy atom. The Kier molecular flexibility index (Phi) is 3.80. The Morgan fingerprint density at radius 1 is 1.44 bits per heavy atom. The van der Waals surface area contributed by atoms with Crippen molar-refractivity contribution in [3.8, 4) is 5.75 Å². The van der Waals surface area contributed by atoms with Crippen LogP contribution < -0.4 is 4.74 Å². The van der Waals surface area contributed by atoms with Gasteiger partial charge in [-0.05, 0) is 41.8 Å². The maximum absolute atomic E-state index is 11.9. The van der Waals surface area contributed by atoms with E-state index in [1.807, 2.05) is 0 Å². The van der Waals surface area contributed by atoms with Gasteiger partial charge in [0.15, 0.2) is 0 Å². The Balaban J connectivity index is 3.05. The average Bonchev–Trinajstić information content (AvgIpc) is 2.14. The lowest BCUT2D eigenvalue weighted by atomic mass is 10.1. The predicted octanol–water partition coefficient (Wildman–Crippen LogP) is 3.53. The molecule has 0 spiro atoms. The summed E-state index contributed by atoms with van der Waals surface area (Å²) in [5, 5.41) is -0.699. The van der Waals surface area contributed by atoms with Gasteiger partial charge in [0.05, 0.1) is 0 Å². The second kappa shape index (κ2) is 4.74. The molecule has 0 saturated heterocycles. The molecule has 0 aliphatic rings. The molecule has 1 rings (SSSR count). The van der Waals surface area contributed by atoms with Crippen LogP contribution in [-0.2, 0) is 6.42 Å². The van der Waals surface area contributed by atoms with Gasteiger partial charge in [0.25, 0.3) is 5.24 Å². The highest BCUT2D eigenvalue weighted by molar-refractivity contribution is 6.67. The van der Waals surface area contributed by atoms with Gasteiger partial charge < -0.3 is 4.74 Å². The van der Waals surface area contributed by atoms with Crippen LogP contribution in [0.5, 0.6) is 5.75 Å². The van der Waals surface area contributed by atoms with Crippen molar-refractivity contribution in [1.82, 2.24) is 0 Å². The summed E-state index contributed by atoms with van der Waals surface area (Å²) < 4.78 is 39.5. The molecule has 16 heavy (non-hydrogen) atoms. The number of carbonyl (C=O) groups is 1. The van der Waals surface area contributed by atoms with Gasteiger partial charge in [0.1, 0.15) is 5.75 Å². The molecule has 0 aliphatic heterocycles. The predicted molar refractivity (Wildman–Crippen MR) is 52.7 cm³/mol. The van der Waals surface area contributed by atoms with Gasteiger partial charge in [0.2, 0.25) is 0 Å². The molecule has 0 bridgehead atoms. The van der Waals surface area contributed by atoms with E-state index in [2.05, 4.69) is 4.74 Å². The number of rotatable bonds is 3. The van der Waals surface area contributed by atoms with Crippen molar-refractivity contribution in [2.45, 2.75) is 19.7 Å². The average molecular weight is 253 g/mol. The van der Waals surface area contributed by atoms with Gasteiger partial charge in [-0.25, -0.2) is 0 Å². The summed E-state index contributed by atoms with van der Waals surface area (Å²) in [4.78, 5) is 10.9. The van der Waals surface area contributed by atoms with Gasteiger partial charge in [-0.2, -0.15) is 0 Å². The van der Waals surface area contributed by atoms with E-state index in [-0.39, 0.29) is 11.3 Å². The number of benzene rings is 1. The third kappa shape index (κ3) is 3.41. The van der Waals surface area contributed by atoms with Crippen LogP contribution in [0.1, 0.15) is 22.8 Å². The van der Waals surface area contributed by atoms with E-state index in [4.69, 9.17) is 11.6 Å². The zero-order valence-electron chi connectivity index (χ0n) is 8.27. The molecule has 0 unspecified atom stereocenters. The first-order valence-electron chi connectivity index (χ1n) is 4.42. The molecular weight excluding hydrogens is 245 g/mol. The number of hydrogen-bond donors (Lipinski definition) is 0. The van der Waals surface area contributed by atoms with Crippen molar-refractivity contribution >= 4 is 16.8 Å². The molecule has 0 radical (unpaired) electrons. The van der Waals surface area contributed by atoms with Crippen LogP contribution >= 0.6 is 11.6 Å². The number of alkyl halides is 3. The SMILES string of the molecule is CCc1cc(OC(F)(F)F)ccc1C(=O)Cl. The van der Waals surface area contributed by atoms with Crippen LogP contribution in [0, 0.1) is 0 Å². The van der Waals surface area contributed by atoms with Crippen molar-refractivity contribution in [1.29, 1.82) is 0 Å². The molecule has 0 atom stereocenters. The largest absolute Gasteiger partial charge is 0.573 e. The molecule has 6 heteroatoms. The molecule has 2 nitrogen and oxygen atoms in total. The second-order valence-corrected chi connectivity index (χ2v) is 3.34. The molecule has 0 amide bonds. The number of ether oxygens (including phenoxy) is 1. The highest BCUT2D eigenvalue weighted by atomic mass is 35.5. The smallest absolute Gasteiger partial charge is 0.406 e. The fraction of sp³-hybridized carbons (Fsp3) is 0.300. The summed E-state index contributed by atoms with van der Waals surface area (Å²) in [5.74, 6) is -0.356. The van der Waals surface area contributed by atoms with Crippen LogP contribution in [0.3, 0.4) is 0 Å². The van der Waals surface area contributed by atoms with Crippen molar-refractivity contribution < 1.29 is 22.7 Å². The van der Waals surface area contributed by atoms with Gasteiger partial charge in [-0.1, -0.05) is 6.92 Å². The first-order valence-corrected chi connectivity index (χ1v) is 4.79. The molecule has 1 aromatic rings. The lowest BCUT2D eigenvalue weighted by Crippen LogP contribution is -2.17. The van der Waals surface area contributed by atoms with E-state index in [9.17, 15) is 18.0 Å². The molecule has 88 valence electrons. The Morgan fingerprint density at radius 3 is 2.50 bits per heavy atom. The fourth-order valence-electron chi connectivity index (χ4n) is 1.25. The zero-order chi connectivity index (χ0) is 12.3. The maximum atomic E-state index is 11.9. The van der Waals surface area contributed by atoms with Gasteiger partial charge >= 0.3 is 6.36 Å². The van der Waals surface area contributed by atoms with Gasteiger partial charge in [-0.15, -0.1) is 13.2 Å². The van der Waals surface area contributed by atoms with Crippen LogP contribution in [0.2, 0.25) is 0 Å². The minimum Gasteiger partial charge on any atom is -0.406 e. The lowest BCUT2D eigenvalue weighted by Gasteiger charge is -2.11. The highest BCUT2D eigenvalue weighted by Crippen LogP contribution is 2.25. The van der Waals surface area contributed by atoms with E-state index in [0.717, 1.165) is 12.1 Å². The zero-order valence-corrected chi connectivity index (χ0v) is 9.02. The Labute approximate surface area is 95.0 Å². The quantitative estimate of drug-likeness (QED) is 0.770. The summed E-state index contributed by atoms with van der Waals surface area (Å²) in [6.07, 6.45) is -4.35. The minimum absolute atomic E-state index is 0.193. The van der Waals surface area contributed by atoms with Crippen molar-refractivity contribution in [3.05, 3.63) is 29.3 Å². The Hall–Kier alpha value is -1.23. The Bertz CT molecular complexity index is 402. The molecule has 0 heterocycles. The number of hydrogen-bond acceptors (Lipinski definition) is 2. The molecule has 1 aromatic carbocycles. The van der Waals surface area contributed by atoms with Crippen LogP contribution in [0.15, 0.2) is 18.2 Å². The molecule has 0 aromatic heterocycles. The van der Waals surface area contributed by atoms with Crippen molar-refractivity contribution in [2.24, 2.45) is 0 Å². The number of carbonyl (C=O) groups excluding carboxylic acids is 1. The summed E-state index contributed by atoms with van der Waals surface area (Å²) in [6, 6.07) is 3.43. The molecule has 0 N–H and O–H groups in total. The lowest BCUT2D eigenvalue weighted by molar-refractivity contribution is -0.274. The van der Waals surface area contributed by atoms with Crippen LogP contribution in [0.25, 0.3) is 0 Å². The monoisotopic (exact) mass is 252 g/mol. The highest BCUT2D eigenvalue weighted by Gasteiger charge is 2.31. The standard InChI is InChI=1S/C10H8ClF3O2/c1-2-6-5-7(16-10(12,13)14)3-4-8(6)9(11)15/h3-5H,2H2,1H3. The number of halogens is 4. The van der Waals surface area contributed by atoms with Crippen LogP contribution in [0.4, 0.5) is 13.2 Å². The molecule has 0 fully saturated rings. The third-order valence-corrected chi connectivity index (χ3v) is 2.11. The maximum Gasteiger partial charge on any atom is 0.573 e. The van der Waals surface area contributed by atoms with Crippen molar-refractivity contribution in [2.75, 3.05) is 0 Å². The van der Waals surface area contributed by atoms with E-state index >= 15 is 0 Å². The van der Waals surface area contributed by atoms with Crippen LogP contribution in [-0.4, -0.2) is 11.6 Å². The summed E-state index contributed by atoms with van der Waals surface area (Å²) in [5.41, 5.74) is 0.612. The summed E-state index contributed by atoms with van der Waals surface area (Å²) in [6.45, 7) is 1.70. The molecule has 0 aliphatic carbocycles. The van der Waals surface area contributed by atoms with Gasteiger partial charge in [-0.3, -0.25) is 4.79 Å².